The second kappa shape index (κ2) is 8.49. The second-order valence-electron chi connectivity index (χ2n) is 8.01. The molecule has 10 nitrogen and oxygen atoms in total. The summed E-state index contributed by atoms with van der Waals surface area (Å²) < 4.78 is 24.5. The fourth-order valence-corrected chi connectivity index (χ4v) is 3.94. The Bertz CT molecular complexity index is 1290. The van der Waals surface area contributed by atoms with Crippen LogP contribution in [0.3, 0.4) is 0 Å². The molecule has 1 fully saturated rings. The van der Waals surface area contributed by atoms with Crippen molar-refractivity contribution in [3.05, 3.63) is 59.2 Å². The number of anilines is 1. The van der Waals surface area contributed by atoms with Crippen LogP contribution in [0.5, 0.6) is 5.75 Å². The fraction of sp³-hybridized carbons (Fsp3) is 0.273. The van der Waals surface area contributed by atoms with Crippen molar-refractivity contribution in [1.29, 1.82) is 0 Å². The predicted molar refractivity (Wildman–Crippen MR) is 117 cm³/mol. The van der Waals surface area contributed by atoms with Crippen molar-refractivity contribution in [3.8, 4) is 17.1 Å². The predicted octanol–water partition coefficient (Wildman–Crippen LogP) is 3.81. The lowest BCUT2D eigenvalue weighted by Crippen LogP contribution is -2.39. The zero-order valence-corrected chi connectivity index (χ0v) is 18.8. The van der Waals surface area contributed by atoms with Gasteiger partial charge in [-0.05, 0) is 56.3 Å². The van der Waals surface area contributed by atoms with Crippen molar-refractivity contribution < 1.29 is 23.2 Å². The number of rotatable bonds is 6. The normalized spacial score (nSPS) is 19.4. The summed E-state index contributed by atoms with van der Waals surface area (Å²) in [7, 11) is 0. The molecule has 2 amide bonds. The highest BCUT2D eigenvalue weighted by Crippen LogP contribution is 2.34. The number of hydrogen-bond donors (Lipinski definition) is 0. The van der Waals surface area contributed by atoms with E-state index >= 15 is 0 Å². The van der Waals surface area contributed by atoms with E-state index in [9.17, 15) is 14.0 Å². The van der Waals surface area contributed by atoms with Gasteiger partial charge in [-0.15, -0.1) is 0 Å². The number of carbonyl (C=O) groups is 2. The molecule has 1 saturated heterocycles. The molecule has 34 heavy (non-hydrogen) atoms. The summed E-state index contributed by atoms with van der Waals surface area (Å²) in [6.45, 7) is 3.86. The van der Waals surface area contributed by atoms with Gasteiger partial charge in [0.25, 0.3) is 11.8 Å². The second-order valence-corrected chi connectivity index (χ2v) is 8.41. The first-order chi connectivity index (χ1) is 16.3. The third kappa shape index (κ3) is 3.87. The van der Waals surface area contributed by atoms with Crippen LogP contribution in [-0.4, -0.2) is 45.2 Å². The van der Waals surface area contributed by atoms with Gasteiger partial charge in [-0.1, -0.05) is 22.0 Å². The molecule has 1 aromatic heterocycles. The molecule has 2 aromatic carbocycles. The number of hydrogen-bond acceptors (Lipinski definition) is 9. The van der Waals surface area contributed by atoms with Gasteiger partial charge in [-0.2, -0.15) is 10.1 Å². The number of fused-ring (bicyclic) bond motifs is 1. The Morgan fingerprint density at radius 1 is 1.15 bits per heavy atom. The van der Waals surface area contributed by atoms with Gasteiger partial charge >= 0.3 is 0 Å². The maximum atomic E-state index is 13.5. The molecule has 0 saturated carbocycles. The van der Waals surface area contributed by atoms with Gasteiger partial charge in [0.05, 0.1) is 16.8 Å². The van der Waals surface area contributed by atoms with Crippen molar-refractivity contribution in [1.82, 2.24) is 15.1 Å². The molecule has 5 rings (SSSR count). The van der Waals surface area contributed by atoms with Crippen molar-refractivity contribution in [2.75, 3.05) is 4.90 Å². The van der Waals surface area contributed by atoms with Crippen LogP contribution in [0, 0.1) is 5.82 Å². The monoisotopic (exact) mass is 484 g/mol. The van der Waals surface area contributed by atoms with Crippen molar-refractivity contribution >= 4 is 29.1 Å². The first kappa shape index (κ1) is 22.0. The number of carbonyl (C=O) groups excluding carboxylic acids is 2. The van der Waals surface area contributed by atoms with Gasteiger partial charge in [0.15, 0.2) is 12.1 Å². The molecule has 0 aliphatic carbocycles. The summed E-state index contributed by atoms with van der Waals surface area (Å²) in [5.41, 5.74) is 0.884. The largest absolute Gasteiger partial charge is 0.491 e. The Kier molecular flexibility index (Phi) is 5.48. The van der Waals surface area contributed by atoms with Gasteiger partial charge in [-0.3, -0.25) is 14.6 Å². The van der Waals surface area contributed by atoms with E-state index < -0.39 is 29.7 Å². The minimum absolute atomic E-state index is 0.0246. The molecule has 2 atom stereocenters. The Balaban J connectivity index is 1.31. The smallest absolute Gasteiger partial charge is 0.263 e. The highest BCUT2D eigenvalue weighted by Gasteiger charge is 2.55. The molecule has 0 unspecified atom stereocenters. The van der Waals surface area contributed by atoms with Gasteiger partial charge in [0.1, 0.15) is 18.1 Å². The van der Waals surface area contributed by atoms with Crippen molar-refractivity contribution in [2.45, 2.75) is 38.6 Å². The van der Waals surface area contributed by atoms with E-state index in [0.29, 0.717) is 5.82 Å². The Labute approximate surface area is 197 Å². The topological polar surface area (TPSA) is 113 Å². The Hall–Kier alpha value is -3.86. The van der Waals surface area contributed by atoms with Gasteiger partial charge in [0, 0.05) is 5.56 Å². The van der Waals surface area contributed by atoms with Gasteiger partial charge < -0.3 is 9.26 Å². The average molecular weight is 485 g/mol. The summed E-state index contributed by atoms with van der Waals surface area (Å²) in [5, 5.41) is 13.0. The Morgan fingerprint density at radius 2 is 1.91 bits per heavy atom. The molecule has 0 spiro atoms. The van der Waals surface area contributed by atoms with Crippen molar-refractivity contribution in [2.24, 2.45) is 10.3 Å². The van der Waals surface area contributed by atoms with Crippen LogP contribution in [0.4, 0.5) is 10.1 Å². The van der Waals surface area contributed by atoms with E-state index in [1.54, 1.807) is 0 Å². The van der Waals surface area contributed by atoms with Crippen LogP contribution in [0.1, 0.15) is 19.7 Å². The molecule has 0 bridgehead atoms. The highest BCUT2D eigenvalue weighted by molar-refractivity contribution is 6.32. The number of aromatic nitrogens is 2. The lowest BCUT2D eigenvalue weighted by atomic mass is 10.1. The number of benzene rings is 2. The number of nitrogens with zero attached hydrogens (tertiary/aromatic N) is 6. The number of imide groups is 1. The summed E-state index contributed by atoms with van der Waals surface area (Å²) >= 11 is 5.82. The summed E-state index contributed by atoms with van der Waals surface area (Å²) in [4.78, 5) is 31.2. The van der Waals surface area contributed by atoms with Crippen LogP contribution in [-0.2, 0) is 16.1 Å². The quantitative estimate of drug-likeness (QED) is 0.489. The third-order valence-electron chi connectivity index (χ3n) is 5.27. The van der Waals surface area contributed by atoms with Gasteiger partial charge in [0.2, 0.25) is 11.7 Å². The molecule has 0 N–H and O–H groups in total. The van der Waals surface area contributed by atoms with E-state index in [1.165, 1.54) is 17.1 Å². The minimum Gasteiger partial charge on any atom is -0.491 e. The zero-order valence-electron chi connectivity index (χ0n) is 18.1. The SMILES string of the molecule is CC(C)Oc1ccc(-c2noc(CN3N=N[C@H]4C(=O)N(c5ccc(F)c(Cl)c5)C(=O)[C@@H]43)n2)cc1. The number of halogens is 2. The number of amides is 2. The molecule has 2 aliphatic heterocycles. The van der Waals surface area contributed by atoms with Crippen molar-refractivity contribution in [3.63, 3.8) is 0 Å². The van der Waals surface area contributed by atoms with E-state index in [1.807, 2.05) is 38.1 Å². The van der Waals surface area contributed by atoms with Crippen LogP contribution in [0.25, 0.3) is 11.4 Å². The lowest BCUT2D eigenvalue weighted by molar-refractivity contribution is -0.123. The molecule has 3 aromatic rings. The van der Waals surface area contributed by atoms with Crippen LogP contribution >= 0.6 is 11.6 Å². The fourth-order valence-electron chi connectivity index (χ4n) is 3.76. The zero-order chi connectivity index (χ0) is 24.0. The maximum Gasteiger partial charge on any atom is 0.263 e. The van der Waals surface area contributed by atoms with Crippen LogP contribution in [0.15, 0.2) is 57.3 Å². The summed E-state index contributed by atoms with van der Waals surface area (Å²) in [6, 6.07) is 8.86. The van der Waals surface area contributed by atoms with Crippen LogP contribution in [0.2, 0.25) is 5.02 Å². The molecule has 0 radical (unpaired) electrons. The minimum atomic E-state index is -1.02. The number of ether oxygens (including phenoxy) is 1. The molecule has 12 heteroatoms. The van der Waals surface area contributed by atoms with E-state index in [4.69, 9.17) is 20.9 Å². The van der Waals surface area contributed by atoms with E-state index in [0.717, 1.165) is 22.3 Å². The molecule has 174 valence electrons. The maximum absolute atomic E-state index is 13.5. The van der Waals surface area contributed by atoms with Gasteiger partial charge in [-0.25, -0.2) is 9.29 Å². The summed E-state index contributed by atoms with van der Waals surface area (Å²) in [5.74, 6) is -0.500. The first-order valence-corrected chi connectivity index (χ1v) is 10.8. The molecule has 2 aliphatic rings. The Morgan fingerprint density at radius 3 is 2.62 bits per heavy atom. The third-order valence-corrected chi connectivity index (χ3v) is 5.56. The molecule has 3 heterocycles. The van der Waals surface area contributed by atoms with Crippen LogP contribution < -0.4 is 9.64 Å². The lowest BCUT2D eigenvalue weighted by Gasteiger charge is -2.19. The van der Waals surface area contributed by atoms with E-state index in [2.05, 4.69) is 20.5 Å². The average Bonchev–Trinajstić information content (AvgIpc) is 3.49. The molecular weight excluding hydrogens is 467 g/mol. The summed E-state index contributed by atoms with van der Waals surface area (Å²) in [6.07, 6.45) is 0.0576. The standard InChI is InChI=1S/C22H18ClFN6O4/c1-11(2)33-14-6-3-12(4-7-14)20-25-17(34-27-20)10-29-19-18(26-28-29)21(31)30(22(19)32)13-5-8-16(24)15(23)9-13/h3-9,11,18-19H,10H2,1-2H3/t18-,19-/m1/s1. The first-order valence-electron chi connectivity index (χ1n) is 10.4. The van der Waals surface area contributed by atoms with E-state index in [-0.39, 0.29) is 29.2 Å². The molecular formula is C22H18ClFN6O4. The highest BCUT2D eigenvalue weighted by atomic mass is 35.5.